The summed E-state index contributed by atoms with van der Waals surface area (Å²) in [7, 11) is 0. The van der Waals surface area contributed by atoms with E-state index in [-0.39, 0.29) is 11.5 Å². The van der Waals surface area contributed by atoms with E-state index < -0.39 is 40.3 Å². The smallest absolute Gasteiger partial charge is 0.330 e. The van der Waals surface area contributed by atoms with Gasteiger partial charge in [0.25, 0.3) is 5.69 Å². The average molecular weight is 578 g/mol. The summed E-state index contributed by atoms with van der Waals surface area (Å²) in [6, 6.07) is 26.8. The van der Waals surface area contributed by atoms with Gasteiger partial charge in [0.05, 0.1) is 16.9 Å². The number of nitrogens with one attached hydrogen (secondary N) is 1. The Balaban J connectivity index is 1.76. The third kappa shape index (κ3) is 5.37. The van der Waals surface area contributed by atoms with Gasteiger partial charge in [-0.25, -0.2) is 9.59 Å². The Morgan fingerprint density at radius 1 is 0.814 bits per heavy atom. The number of anilines is 1. The number of carboxylic acids is 1. The quantitative estimate of drug-likeness (QED) is 0.139. The molecule has 1 aliphatic heterocycles. The van der Waals surface area contributed by atoms with Crippen LogP contribution in [0.2, 0.25) is 0 Å². The van der Waals surface area contributed by atoms with Crippen molar-refractivity contribution in [3.05, 3.63) is 141 Å². The number of aryl methyl sites for hydroxylation is 2. The summed E-state index contributed by atoms with van der Waals surface area (Å²) < 4.78 is 0. The minimum absolute atomic E-state index is 0.172. The van der Waals surface area contributed by atoms with Gasteiger partial charge in [-0.1, -0.05) is 90.0 Å². The zero-order chi connectivity index (χ0) is 30.9. The Labute approximate surface area is 248 Å². The highest BCUT2D eigenvalue weighted by molar-refractivity contribution is 6.03. The molecule has 4 unspecified atom stereocenters. The summed E-state index contributed by atoms with van der Waals surface area (Å²) in [5, 5.41) is 25.2. The van der Waals surface area contributed by atoms with Crippen molar-refractivity contribution in [1.82, 2.24) is 4.90 Å². The number of non-ortho nitro benzene ring substituents is 1. The van der Waals surface area contributed by atoms with Crippen molar-refractivity contribution in [2.24, 2.45) is 5.92 Å². The Morgan fingerprint density at radius 2 is 1.35 bits per heavy atom. The summed E-state index contributed by atoms with van der Waals surface area (Å²) in [6.07, 6.45) is 0. The van der Waals surface area contributed by atoms with Crippen molar-refractivity contribution in [2.45, 2.75) is 38.3 Å². The van der Waals surface area contributed by atoms with Crippen molar-refractivity contribution in [3.8, 4) is 0 Å². The number of benzene rings is 4. The normalized spacial score (nSPS) is 21.3. The number of nitrogens with zero attached hydrogens (tertiary/aromatic N) is 2. The first-order valence-corrected chi connectivity index (χ1v) is 13.8. The van der Waals surface area contributed by atoms with Crippen molar-refractivity contribution in [3.63, 3.8) is 0 Å². The molecule has 0 bridgehead atoms. The minimum Gasteiger partial charge on any atom is -0.479 e. The van der Waals surface area contributed by atoms with Gasteiger partial charge in [-0.3, -0.25) is 19.8 Å². The summed E-state index contributed by atoms with van der Waals surface area (Å²) in [5.41, 5.74) is 1.66. The first-order chi connectivity index (χ1) is 20.5. The van der Waals surface area contributed by atoms with E-state index in [1.54, 1.807) is 54.6 Å². The standard InChI is InChI=1S/C34H31N3O6/c1-21-9-13-24(14-10-21)30-28(31(38)25-7-5-4-6-8-25)29(23-15-19-27(20-16-23)37(42)43)34(3,32(39)40)36(30)33(41)35-26-17-11-22(2)12-18-26/h4-20,28-30H,1-3H3,(H,35,41)(H,39,40). The number of hydrogen-bond donors (Lipinski definition) is 2. The fraction of sp³-hybridized carbons (Fsp3) is 0.206. The predicted octanol–water partition coefficient (Wildman–Crippen LogP) is 6.93. The molecule has 2 N–H and O–H groups in total. The molecule has 1 fully saturated rings. The van der Waals surface area contributed by atoms with Crippen LogP contribution in [0.25, 0.3) is 0 Å². The second-order valence-corrected chi connectivity index (χ2v) is 11.1. The van der Waals surface area contributed by atoms with E-state index in [9.17, 15) is 29.6 Å². The maximum atomic E-state index is 14.5. The van der Waals surface area contributed by atoms with E-state index in [4.69, 9.17) is 0 Å². The molecule has 4 atom stereocenters. The molecule has 4 aromatic rings. The van der Waals surface area contributed by atoms with Crippen LogP contribution in [-0.4, -0.2) is 38.3 Å². The molecular weight excluding hydrogens is 546 g/mol. The number of Topliss-reactive ketones (excluding diaryl/α,β-unsaturated/α-hetero) is 1. The number of carbonyl (C=O) groups excluding carboxylic acids is 2. The molecule has 2 amide bonds. The molecular formula is C34H31N3O6. The van der Waals surface area contributed by atoms with Gasteiger partial charge in [-0.2, -0.15) is 0 Å². The first-order valence-electron chi connectivity index (χ1n) is 13.8. The van der Waals surface area contributed by atoms with Crippen molar-refractivity contribution >= 4 is 29.2 Å². The summed E-state index contributed by atoms with van der Waals surface area (Å²) >= 11 is 0. The maximum absolute atomic E-state index is 14.5. The second kappa shape index (κ2) is 11.5. The highest BCUT2D eigenvalue weighted by Gasteiger charge is 2.65. The van der Waals surface area contributed by atoms with Crippen molar-refractivity contribution < 1.29 is 24.4 Å². The molecule has 5 rings (SSSR count). The third-order valence-electron chi connectivity index (χ3n) is 8.28. The van der Waals surface area contributed by atoms with Gasteiger partial charge >= 0.3 is 12.0 Å². The number of hydrogen-bond acceptors (Lipinski definition) is 5. The molecule has 43 heavy (non-hydrogen) atoms. The van der Waals surface area contributed by atoms with Crippen LogP contribution in [0, 0.1) is 29.9 Å². The fourth-order valence-electron chi connectivity index (χ4n) is 6.07. The zero-order valence-corrected chi connectivity index (χ0v) is 23.9. The molecule has 218 valence electrons. The molecule has 9 heteroatoms. The van der Waals surface area contributed by atoms with Crippen LogP contribution in [0.4, 0.5) is 16.2 Å². The Hall–Kier alpha value is -5.31. The van der Waals surface area contributed by atoms with Gasteiger partial charge in [0.15, 0.2) is 5.78 Å². The zero-order valence-electron chi connectivity index (χ0n) is 23.9. The minimum atomic E-state index is -1.93. The number of urea groups is 1. The van der Waals surface area contributed by atoms with Crippen molar-refractivity contribution in [1.29, 1.82) is 0 Å². The number of nitro groups is 1. The SMILES string of the molecule is Cc1ccc(NC(=O)N2C(c3ccc(C)cc3)C(C(=O)c3ccccc3)C(c3ccc([N+](=O)[O-])cc3)C2(C)C(=O)O)cc1. The number of ketones is 1. The van der Waals surface area contributed by atoms with E-state index >= 15 is 0 Å². The fourth-order valence-corrected chi connectivity index (χ4v) is 6.07. The number of nitro benzene ring substituents is 1. The van der Waals surface area contributed by atoms with Crippen LogP contribution in [0.3, 0.4) is 0 Å². The average Bonchev–Trinajstić information content (AvgIpc) is 3.29. The van der Waals surface area contributed by atoms with E-state index in [2.05, 4.69) is 5.32 Å². The van der Waals surface area contributed by atoms with Crippen LogP contribution >= 0.6 is 0 Å². The molecule has 1 saturated heterocycles. The second-order valence-electron chi connectivity index (χ2n) is 11.1. The lowest BCUT2D eigenvalue weighted by atomic mass is 9.71. The Morgan fingerprint density at radius 3 is 1.88 bits per heavy atom. The van der Waals surface area contributed by atoms with Gasteiger partial charge < -0.3 is 10.4 Å². The molecule has 9 nitrogen and oxygen atoms in total. The largest absolute Gasteiger partial charge is 0.479 e. The van der Waals surface area contributed by atoms with Crippen LogP contribution in [0.1, 0.15) is 51.5 Å². The van der Waals surface area contributed by atoms with Gasteiger partial charge in [0.1, 0.15) is 5.54 Å². The first kappa shape index (κ1) is 29.2. The molecule has 1 heterocycles. The van der Waals surface area contributed by atoms with Gasteiger partial charge in [0.2, 0.25) is 0 Å². The van der Waals surface area contributed by atoms with Crippen LogP contribution in [0.15, 0.2) is 103 Å². The molecule has 4 aromatic carbocycles. The number of carboxylic acid groups (broad SMARTS) is 1. The Bertz CT molecular complexity index is 1670. The third-order valence-corrected chi connectivity index (χ3v) is 8.28. The maximum Gasteiger partial charge on any atom is 0.330 e. The lowest BCUT2D eigenvalue weighted by molar-refractivity contribution is -0.384. The molecule has 0 aliphatic carbocycles. The highest BCUT2D eigenvalue weighted by atomic mass is 16.6. The number of amides is 2. The monoisotopic (exact) mass is 577 g/mol. The molecule has 0 saturated carbocycles. The highest BCUT2D eigenvalue weighted by Crippen LogP contribution is 2.56. The number of aliphatic carboxylic acids is 1. The van der Waals surface area contributed by atoms with Crippen molar-refractivity contribution in [2.75, 3.05) is 5.32 Å². The Kier molecular flexibility index (Phi) is 7.82. The lowest BCUT2D eigenvalue weighted by Gasteiger charge is -2.37. The summed E-state index contributed by atoms with van der Waals surface area (Å²) in [5.74, 6) is -3.76. The summed E-state index contributed by atoms with van der Waals surface area (Å²) in [4.78, 5) is 54.2. The lowest BCUT2D eigenvalue weighted by Crippen LogP contribution is -2.55. The van der Waals surface area contributed by atoms with Gasteiger partial charge in [0, 0.05) is 29.3 Å². The summed E-state index contributed by atoms with van der Waals surface area (Å²) in [6.45, 7) is 5.26. The van der Waals surface area contributed by atoms with E-state index in [0.29, 0.717) is 22.4 Å². The van der Waals surface area contributed by atoms with Crippen LogP contribution in [0.5, 0.6) is 0 Å². The number of likely N-dealkylation sites (tertiary alicyclic amines) is 1. The molecule has 0 spiro atoms. The van der Waals surface area contributed by atoms with Crippen LogP contribution < -0.4 is 5.32 Å². The number of carbonyl (C=O) groups is 3. The van der Waals surface area contributed by atoms with E-state index in [1.165, 1.54) is 36.1 Å². The van der Waals surface area contributed by atoms with E-state index in [1.807, 2.05) is 38.1 Å². The van der Waals surface area contributed by atoms with Gasteiger partial charge in [-0.05, 0) is 44.0 Å². The molecule has 0 aromatic heterocycles. The van der Waals surface area contributed by atoms with Gasteiger partial charge in [-0.15, -0.1) is 0 Å². The topological polar surface area (TPSA) is 130 Å². The van der Waals surface area contributed by atoms with Crippen LogP contribution in [-0.2, 0) is 4.79 Å². The number of rotatable bonds is 7. The molecule has 0 radical (unpaired) electrons. The predicted molar refractivity (Wildman–Crippen MR) is 162 cm³/mol. The van der Waals surface area contributed by atoms with E-state index in [0.717, 1.165) is 11.1 Å². The molecule has 1 aliphatic rings.